The summed E-state index contributed by atoms with van der Waals surface area (Å²) < 4.78 is 3.12. The molecule has 6 aromatic rings. The topological polar surface area (TPSA) is 156 Å². The number of hydrogen-bond acceptors (Lipinski definition) is 8. The van der Waals surface area contributed by atoms with Gasteiger partial charge in [0.25, 0.3) is 11.4 Å². The van der Waals surface area contributed by atoms with Crippen LogP contribution in [0.3, 0.4) is 0 Å². The average molecular weight is 717 g/mol. The SMILES string of the molecule is CC(C)c1ccc(-c2nc(=O)n(C(C)C)c3ccc([N+](=O)[O-])cc23)cc1.CC(C)n1c(=O)nc(-c2ccc(C(C)(C)C)cc2)c2cc([N+](=O)[O-])ccc21. The normalized spacial score (nSPS) is 11.7. The molecule has 0 aliphatic carbocycles. The molecule has 0 aliphatic heterocycles. The first-order valence-corrected chi connectivity index (χ1v) is 17.5. The summed E-state index contributed by atoms with van der Waals surface area (Å²) in [5, 5.41) is 23.7. The van der Waals surface area contributed by atoms with Crippen LogP contribution in [-0.2, 0) is 5.41 Å². The molecule has 0 unspecified atom stereocenters. The Balaban J connectivity index is 0.000000204. The molecule has 0 saturated carbocycles. The number of aromatic nitrogens is 4. The molecule has 12 heteroatoms. The highest BCUT2D eigenvalue weighted by atomic mass is 16.6. The lowest BCUT2D eigenvalue weighted by molar-refractivity contribution is -0.384. The summed E-state index contributed by atoms with van der Waals surface area (Å²) in [4.78, 5) is 55.3. The molecule has 53 heavy (non-hydrogen) atoms. The fourth-order valence-corrected chi connectivity index (χ4v) is 6.29. The summed E-state index contributed by atoms with van der Waals surface area (Å²) in [6.45, 7) is 18.2. The number of non-ortho nitro benzene ring substituents is 2. The molecule has 274 valence electrons. The van der Waals surface area contributed by atoms with Gasteiger partial charge in [-0.2, -0.15) is 9.97 Å². The van der Waals surface area contributed by atoms with Crippen molar-refractivity contribution in [3.05, 3.63) is 137 Å². The molecule has 12 nitrogen and oxygen atoms in total. The van der Waals surface area contributed by atoms with E-state index in [1.807, 2.05) is 76.2 Å². The van der Waals surface area contributed by atoms with Crippen molar-refractivity contribution < 1.29 is 9.85 Å². The molecule has 4 aromatic carbocycles. The van der Waals surface area contributed by atoms with Crippen LogP contribution in [0.1, 0.15) is 91.4 Å². The first kappa shape index (κ1) is 38.2. The Morgan fingerprint density at radius 3 is 1.28 bits per heavy atom. The summed E-state index contributed by atoms with van der Waals surface area (Å²) in [5.41, 5.74) is 5.36. The van der Waals surface area contributed by atoms with E-state index in [1.54, 1.807) is 21.3 Å². The molecule has 0 fully saturated rings. The largest absolute Gasteiger partial charge is 0.348 e. The Hall–Kier alpha value is -6.04. The Morgan fingerprint density at radius 2 is 0.962 bits per heavy atom. The van der Waals surface area contributed by atoms with E-state index in [0.29, 0.717) is 39.1 Å². The minimum Gasteiger partial charge on any atom is -0.289 e. The van der Waals surface area contributed by atoms with Gasteiger partial charge in [0.15, 0.2) is 0 Å². The molecule has 0 amide bonds. The average Bonchev–Trinajstić information content (AvgIpc) is 3.10. The van der Waals surface area contributed by atoms with Crippen molar-refractivity contribution in [2.75, 3.05) is 0 Å². The van der Waals surface area contributed by atoms with Crippen LogP contribution in [-0.4, -0.2) is 28.9 Å². The number of nitrogens with zero attached hydrogens (tertiary/aromatic N) is 6. The molecule has 0 bridgehead atoms. The molecule has 0 aliphatic rings. The predicted molar refractivity (Wildman–Crippen MR) is 210 cm³/mol. The molecular formula is C41H44N6O6. The first-order chi connectivity index (χ1) is 24.9. The molecular weight excluding hydrogens is 672 g/mol. The van der Waals surface area contributed by atoms with Crippen molar-refractivity contribution in [2.45, 2.75) is 85.7 Å². The van der Waals surface area contributed by atoms with Crippen LogP contribution in [0, 0.1) is 20.2 Å². The maximum atomic E-state index is 12.6. The third kappa shape index (κ3) is 7.91. The second-order valence-corrected chi connectivity index (χ2v) is 14.9. The Bertz CT molecular complexity index is 2460. The molecule has 0 saturated heterocycles. The van der Waals surface area contributed by atoms with Crippen molar-refractivity contribution in [1.29, 1.82) is 0 Å². The lowest BCUT2D eigenvalue weighted by atomic mass is 9.86. The van der Waals surface area contributed by atoms with Gasteiger partial charge in [-0.15, -0.1) is 0 Å². The van der Waals surface area contributed by atoms with Crippen molar-refractivity contribution in [3.63, 3.8) is 0 Å². The lowest BCUT2D eigenvalue weighted by Crippen LogP contribution is -2.25. The van der Waals surface area contributed by atoms with E-state index in [2.05, 4.69) is 44.6 Å². The van der Waals surface area contributed by atoms with Crippen LogP contribution < -0.4 is 11.4 Å². The maximum absolute atomic E-state index is 12.6. The van der Waals surface area contributed by atoms with Gasteiger partial charge in [0, 0.05) is 58.2 Å². The fraction of sp³-hybridized carbons (Fsp3) is 0.317. The number of nitro benzene ring substituents is 2. The van der Waals surface area contributed by atoms with Crippen LogP contribution in [0.4, 0.5) is 11.4 Å². The predicted octanol–water partition coefficient (Wildman–Crippen LogP) is 9.53. The summed E-state index contributed by atoms with van der Waals surface area (Å²) in [6.07, 6.45) is 0. The van der Waals surface area contributed by atoms with Gasteiger partial charge in [-0.25, -0.2) is 9.59 Å². The summed E-state index contributed by atoms with van der Waals surface area (Å²) in [7, 11) is 0. The van der Waals surface area contributed by atoms with Gasteiger partial charge in [-0.3, -0.25) is 29.4 Å². The van der Waals surface area contributed by atoms with Crippen LogP contribution in [0.25, 0.3) is 44.3 Å². The minimum absolute atomic E-state index is 0.00780. The molecule has 0 N–H and O–H groups in total. The first-order valence-electron chi connectivity index (χ1n) is 17.5. The van der Waals surface area contributed by atoms with Gasteiger partial charge in [0.2, 0.25) is 0 Å². The number of rotatable bonds is 7. The standard InChI is InChI=1S/C21H23N3O3.C20H21N3O3/c1-13(2)23-18-11-10-16(24(26)27)12-17(18)19(22-20(23)25)14-6-8-15(9-7-14)21(3,4)5;1-12(2)14-5-7-15(8-6-14)19-17-11-16(23(25)26)9-10-18(17)22(13(3)4)20(24)21-19/h6-13H,1-5H3;5-13H,1-4H3. The van der Waals surface area contributed by atoms with Crippen molar-refractivity contribution in [2.24, 2.45) is 0 Å². The second-order valence-electron chi connectivity index (χ2n) is 14.9. The molecule has 0 spiro atoms. The van der Waals surface area contributed by atoms with Crippen molar-refractivity contribution in [1.82, 2.24) is 19.1 Å². The minimum atomic E-state index is -0.435. The van der Waals surface area contributed by atoms with E-state index in [0.717, 1.165) is 16.7 Å². The maximum Gasteiger partial charge on any atom is 0.348 e. The van der Waals surface area contributed by atoms with Gasteiger partial charge in [-0.05, 0) is 62.3 Å². The van der Waals surface area contributed by atoms with Crippen LogP contribution in [0.5, 0.6) is 0 Å². The van der Waals surface area contributed by atoms with E-state index >= 15 is 0 Å². The van der Waals surface area contributed by atoms with Crippen molar-refractivity contribution >= 4 is 33.2 Å². The number of hydrogen-bond donors (Lipinski definition) is 0. The smallest absolute Gasteiger partial charge is 0.289 e. The third-order valence-electron chi connectivity index (χ3n) is 9.15. The van der Waals surface area contributed by atoms with Gasteiger partial charge in [0.1, 0.15) is 0 Å². The molecule has 2 heterocycles. The quantitative estimate of drug-likeness (QED) is 0.117. The Kier molecular flexibility index (Phi) is 10.7. The van der Waals surface area contributed by atoms with E-state index in [-0.39, 0.29) is 40.3 Å². The number of fused-ring (bicyclic) bond motifs is 2. The van der Waals surface area contributed by atoms with Gasteiger partial charge in [0.05, 0.1) is 32.3 Å². The van der Waals surface area contributed by atoms with Crippen molar-refractivity contribution in [3.8, 4) is 22.5 Å². The highest BCUT2D eigenvalue weighted by Gasteiger charge is 2.20. The molecule has 6 rings (SSSR count). The molecule has 2 aromatic heterocycles. The highest BCUT2D eigenvalue weighted by Crippen LogP contribution is 2.33. The van der Waals surface area contributed by atoms with Crippen LogP contribution in [0.2, 0.25) is 0 Å². The van der Waals surface area contributed by atoms with E-state index < -0.39 is 9.85 Å². The van der Waals surface area contributed by atoms with E-state index in [9.17, 15) is 29.8 Å². The van der Waals surface area contributed by atoms with E-state index in [4.69, 9.17) is 0 Å². The van der Waals surface area contributed by atoms with Crippen LogP contribution in [0.15, 0.2) is 94.5 Å². The zero-order chi connectivity index (χ0) is 38.9. The third-order valence-corrected chi connectivity index (χ3v) is 9.15. The highest BCUT2D eigenvalue weighted by molar-refractivity contribution is 5.95. The summed E-state index contributed by atoms with van der Waals surface area (Å²) in [6, 6.07) is 24.6. The fourth-order valence-electron chi connectivity index (χ4n) is 6.29. The number of nitro groups is 2. The lowest BCUT2D eigenvalue weighted by Gasteiger charge is -2.19. The zero-order valence-electron chi connectivity index (χ0n) is 31.4. The zero-order valence-corrected chi connectivity index (χ0v) is 31.4. The Labute approximate surface area is 307 Å². The monoisotopic (exact) mass is 716 g/mol. The van der Waals surface area contributed by atoms with Gasteiger partial charge >= 0.3 is 11.4 Å². The Morgan fingerprint density at radius 1 is 0.585 bits per heavy atom. The molecule has 0 radical (unpaired) electrons. The number of benzene rings is 4. The van der Waals surface area contributed by atoms with Crippen LogP contribution >= 0.6 is 0 Å². The second kappa shape index (κ2) is 14.9. The summed E-state index contributed by atoms with van der Waals surface area (Å²) in [5.74, 6) is 0.392. The van der Waals surface area contributed by atoms with Gasteiger partial charge < -0.3 is 0 Å². The van der Waals surface area contributed by atoms with Gasteiger partial charge in [-0.1, -0.05) is 83.1 Å². The summed E-state index contributed by atoms with van der Waals surface area (Å²) >= 11 is 0. The molecule has 0 atom stereocenters. The van der Waals surface area contributed by atoms with E-state index in [1.165, 1.54) is 29.8 Å².